The zero-order valence-corrected chi connectivity index (χ0v) is 37.7. The number of allylic oxidation sites excluding steroid dienone is 1. The Labute approximate surface area is 385 Å². The average molecular weight is 929 g/mol. The molecule has 4 heterocycles. The number of anilines is 3. The molecule has 360 valence electrons. The highest BCUT2D eigenvalue weighted by Gasteiger charge is 2.23. The van der Waals surface area contributed by atoms with Crippen LogP contribution in [0.3, 0.4) is 0 Å². The molecule has 0 radical (unpaired) electrons. The molecule has 0 bridgehead atoms. The van der Waals surface area contributed by atoms with Crippen molar-refractivity contribution in [2.75, 3.05) is 30.0 Å². The minimum Gasteiger partial charge on any atom is -0.480 e. The molecular formula is C45H60N12O10. The quantitative estimate of drug-likeness (QED) is 0.0187. The number of aromatic nitrogens is 8. The minimum atomic E-state index is -1.31. The molecule has 5 aromatic rings. The van der Waals surface area contributed by atoms with Gasteiger partial charge < -0.3 is 41.4 Å². The molecule has 1 aromatic carbocycles. The van der Waals surface area contributed by atoms with Gasteiger partial charge in [0, 0.05) is 30.5 Å². The molecule has 1 amide bonds. The number of unbranched alkanes of at least 4 members (excludes halogenated alkanes) is 8. The predicted octanol–water partition coefficient (Wildman–Crippen LogP) is 4.66. The summed E-state index contributed by atoms with van der Waals surface area (Å²) in [5, 5.41) is 15.5. The lowest BCUT2D eigenvalue weighted by atomic mass is 10.1. The van der Waals surface area contributed by atoms with Crippen LogP contribution in [0.15, 0.2) is 58.5 Å². The van der Waals surface area contributed by atoms with Crippen molar-refractivity contribution in [3.8, 4) is 0 Å². The van der Waals surface area contributed by atoms with E-state index in [4.69, 9.17) is 25.7 Å². The Bertz CT molecular complexity index is 2560. The van der Waals surface area contributed by atoms with E-state index in [1.54, 1.807) is 12.1 Å². The number of imidazole rings is 1. The van der Waals surface area contributed by atoms with Crippen molar-refractivity contribution in [3.05, 3.63) is 80.9 Å². The molecule has 0 aliphatic carbocycles. The van der Waals surface area contributed by atoms with Crippen LogP contribution in [-0.2, 0) is 41.9 Å². The molecule has 22 nitrogen and oxygen atoms in total. The van der Waals surface area contributed by atoms with Crippen LogP contribution < -0.4 is 33.2 Å². The van der Waals surface area contributed by atoms with E-state index in [1.165, 1.54) is 29.2 Å². The zero-order chi connectivity index (χ0) is 48.0. The van der Waals surface area contributed by atoms with Gasteiger partial charge >= 0.3 is 17.9 Å². The van der Waals surface area contributed by atoms with E-state index < -0.39 is 35.0 Å². The summed E-state index contributed by atoms with van der Waals surface area (Å²) in [5.41, 5.74) is 12.2. The van der Waals surface area contributed by atoms with Gasteiger partial charge in [-0.2, -0.15) is 9.97 Å². The van der Waals surface area contributed by atoms with E-state index >= 15 is 0 Å². The summed E-state index contributed by atoms with van der Waals surface area (Å²) in [5.74, 6) is -2.76. The number of hydrogen-bond donors (Lipinski definition) is 7. The Kier molecular flexibility index (Phi) is 20.2. The number of H-pyrrole nitrogens is 2. The van der Waals surface area contributed by atoms with E-state index in [1.807, 2.05) is 6.08 Å². The molecule has 9 N–H and O–H groups in total. The van der Waals surface area contributed by atoms with Gasteiger partial charge in [-0.05, 0) is 62.8 Å². The number of nitrogens with one attached hydrogen (secondary N) is 4. The number of aromatic amines is 2. The third kappa shape index (κ3) is 16.9. The standard InChI is InChI=1S/C45H60N12O10/c1-2-3-4-11-14-32(15-12-9-7-5-6-8-10-13-16-34(58)66-24-23-65-28-57-27-50-37-39(57)54-45(47)56-42(37)62)67-35(59)22-21-33(43(63)64)52-40(60)29-17-19-30(20-18-29)48-25-31-26-49-38-36(51-31)41(61)55-44(46)53-38/h9,12,17-20,26-27,32-33,48H,2-8,10-11,13-16,21-25,28H2,1H3,(H,52,60)(H,63,64)(H3,47,54,56,62)(H3,46,49,53,55,61)/b12-9-/t32-,33?/m1/s1. The number of fused-ring (bicyclic) bond motifs is 2. The highest BCUT2D eigenvalue weighted by molar-refractivity contribution is 5.97. The second-order valence-electron chi connectivity index (χ2n) is 15.9. The minimum absolute atomic E-state index is 0.0200. The molecule has 0 saturated carbocycles. The first kappa shape index (κ1) is 50.8. The second kappa shape index (κ2) is 26.7. The molecule has 4 aromatic heterocycles. The lowest BCUT2D eigenvalue weighted by Crippen LogP contribution is -2.41. The molecule has 0 spiro atoms. The van der Waals surface area contributed by atoms with Gasteiger partial charge in [0.1, 0.15) is 25.5 Å². The van der Waals surface area contributed by atoms with E-state index in [0.29, 0.717) is 36.3 Å². The van der Waals surface area contributed by atoms with Crippen LogP contribution in [0.1, 0.15) is 119 Å². The van der Waals surface area contributed by atoms with Gasteiger partial charge in [-0.25, -0.2) is 19.7 Å². The van der Waals surface area contributed by atoms with Crippen molar-refractivity contribution in [2.24, 2.45) is 0 Å². The summed E-state index contributed by atoms with van der Waals surface area (Å²) in [4.78, 5) is 99.5. The summed E-state index contributed by atoms with van der Waals surface area (Å²) in [6.45, 7) is 2.68. The third-order valence-corrected chi connectivity index (χ3v) is 10.6. The van der Waals surface area contributed by atoms with Crippen LogP contribution in [0.2, 0.25) is 0 Å². The highest BCUT2D eigenvalue weighted by Crippen LogP contribution is 2.17. The fourth-order valence-corrected chi connectivity index (χ4v) is 6.96. The normalized spacial score (nSPS) is 12.3. The van der Waals surface area contributed by atoms with E-state index in [2.05, 4.69) is 58.5 Å². The van der Waals surface area contributed by atoms with Gasteiger partial charge in [-0.3, -0.25) is 38.5 Å². The highest BCUT2D eigenvalue weighted by atomic mass is 16.6. The SMILES string of the molecule is CCCCCC[C@H](C/C=C\CCCCCCCC(=O)OCCOCn1cnc2c(=O)[nH]c(N)nc21)OC(=O)CCC(NC(=O)c1ccc(NCc2cnc3nc(N)[nH]c(=O)c3n2)cc1)C(=O)O. The Balaban J connectivity index is 0.937. The summed E-state index contributed by atoms with van der Waals surface area (Å²) in [6.07, 6.45) is 17.4. The molecule has 0 aliphatic rings. The summed E-state index contributed by atoms with van der Waals surface area (Å²) >= 11 is 0. The van der Waals surface area contributed by atoms with Crippen LogP contribution in [0.5, 0.6) is 0 Å². The Morgan fingerprint density at radius 1 is 0.821 bits per heavy atom. The third-order valence-electron chi connectivity index (χ3n) is 10.6. The summed E-state index contributed by atoms with van der Waals surface area (Å²) in [6, 6.07) is 5.04. The Morgan fingerprint density at radius 3 is 2.33 bits per heavy atom. The molecule has 0 fully saturated rings. The largest absolute Gasteiger partial charge is 0.480 e. The van der Waals surface area contributed by atoms with Gasteiger partial charge in [-0.1, -0.05) is 57.6 Å². The van der Waals surface area contributed by atoms with Crippen LogP contribution in [0.4, 0.5) is 17.6 Å². The maximum atomic E-state index is 13.0. The maximum Gasteiger partial charge on any atom is 0.326 e. The van der Waals surface area contributed by atoms with Crippen LogP contribution in [0, 0.1) is 0 Å². The van der Waals surface area contributed by atoms with Crippen molar-refractivity contribution >= 4 is 63.7 Å². The van der Waals surface area contributed by atoms with E-state index in [-0.39, 0.29) is 85.5 Å². The number of benzene rings is 1. The van der Waals surface area contributed by atoms with Gasteiger partial charge in [0.05, 0.1) is 31.4 Å². The number of nitrogens with zero attached hydrogens (tertiary/aromatic N) is 6. The monoisotopic (exact) mass is 928 g/mol. The Hall–Kier alpha value is -7.23. The van der Waals surface area contributed by atoms with Gasteiger partial charge in [-0.15, -0.1) is 0 Å². The van der Waals surface area contributed by atoms with Crippen molar-refractivity contribution in [2.45, 2.75) is 129 Å². The fourth-order valence-electron chi connectivity index (χ4n) is 6.96. The van der Waals surface area contributed by atoms with Crippen LogP contribution >= 0.6 is 0 Å². The number of hydrogen-bond acceptors (Lipinski definition) is 17. The van der Waals surface area contributed by atoms with Crippen molar-refractivity contribution < 1.29 is 38.5 Å². The first-order chi connectivity index (χ1) is 32.4. The second-order valence-corrected chi connectivity index (χ2v) is 15.9. The molecule has 2 atom stereocenters. The predicted molar refractivity (Wildman–Crippen MR) is 248 cm³/mol. The molecule has 22 heteroatoms. The lowest BCUT2D eigenvalue weighted by molar-refractivity contribution is -0.150. The lowest BCUT2D eigenvalue weighted by Gasteiger charge is -2.18. The maximum absolute atomic E-state index is 13.0. The number of amides is 1. The number of nitrogens with two attached hydrogens (primary N) is 2. The molecule has 0 saturated heterocycles. The number of carbonyl (C=O) groups excluding carboxylic acids is 3. The zero-order valence-electron chi connectivity index (χ0n) is 37.7. The molecule has 0 aliphatic heterocycles. The van der Waals surface area contributed by atoms with E-state index in [0.717, 1.165) is 64.2 Å². The Morgan fingerprint density at radius 2 is 1.55 bits per heavy atom. The van der Waals surface area contributed by atoms with Crippen molar-refractivity contribution in [3.63, 3.8) is 0 Å². The van der Waals surface area contributed by atoms with Crippen LogP contribution in [-0.4, -0.2) is 93.7 Å². The summed E-state index contributed by atoms with van der Waals surface area (Å²) < 4.78 is 18.1. The van der Waals surface area contributed by atoms with Gasteiger partial charge in [0.15, 0.2) is 22.3 Å². The molecule has 67 heavy (non-hydrogen) atoms. The number of carboxylic acid groups (broad SMARTS) is 1. The number of ether oxygens (including phenoxy) is 3. The number of rotatable bonds is 30. The average Bonchev–Trinajstić information content (AvgIpc) is 3.71. The molecular weight excluding hydrogens is 869 g/mol. The smallest absolute Gasteiger partial charge is 0.326 e. The van der Waals surface area contributed by atoms with E-state index in [9.17, 15) is 33.9 Å². The number of aliphatic carboxylic acids is 1. The number of carbonyl (C=O) groups is 4. The fraction of sp³-hybridized carbons (Fsp3) is 0.489. The first-order valence-corrected chi connectivity index (χ1v) is 22.6. The number of esters is 2. The molecule has 5 rings (SSSR count). The molecule has 1 unspecified atom stereocenters. The van der Waals surface area contributed by atoms with Gasteiger partial charge in [0.2, 0.25) is 11.9 Å². The summed E-state index contributed by atoms with van der Waals surface area (Å²) in [7, 11) is 0. The number of nitrogen functional groups attached to an aromatic ring is 2. The number of carboxylic acids is 1. The first-order valence-electron chi connectivity index (χ1n) is 22.6. The van der Waals surface area contributed by atoms with Crippen LogP contribution in [0.25, 0.3) is 22.3 Å². The van der Waals surface area contributed by atoms with Crippen molar-refractivity contribution in [1.29, 1.82) is 0 Å². The van der Waals surface area contributed by atoms with Gasteiger partial charge in [0.25, 0.3) is 17.0 Å². The topological polar surface area (TPSA) is 327 Å². The van der Waals surface area contributed by atoms with Crippen molar-refractivity contribution in [1.82, 2.24) is 44.8 Å².